The zero-order chi connectivity index (χ0) is 30.6. The third-order valence-corrected chi connectivity index (χ3v) is 6.29. The van der Waals surface area contributed by atoms with Crippen molar-refractivity contribution in [3.05, 3.63) is 54.1 Å². The van der Waals surface area contributed by atoms with Gasteiger partial charge in [0.05, 0.1) is 19.3 Å². The fraction of sp³-hybridized carbons (Fsp3) is 0.385. The molecule has 6 amide bonds. The van der Waals surface area contributed by atoms with Crippen LogP contribution in [0.25, 0.3) is 0 Å². The predicted molar refractivity (Wildman–Crippen MR) is 144 cm³/mol. The van der Waals surface area contributed by atoms with Crippen LogP contribution in [0, 0.1) is 0 Å². The molecule has 1 aromatic carbocycles. The Labute approximate surface area is 239 Å². The predicted octanol–water partition coefficient (Wildman–Crippen LogP) is -3.00. The molecule has 0 radical (unpaired) electrons. The van der Waals surface area contributed by atoms with Crippen LogP contribution in [0.4, 0.5) is 0 Å². The number of amides is 6. The van der Waals surface area contributed by atoms with Crippen LogP contribution < -0.4 is 32.3 Å². The second-order valence-corrected chi connectivity index (χ2v) is 9.59. The number of rotatable bonds is 9. The van der Waals surface area contributed by atoms with Gasteiger partial charge < -0.3 is 42.4 Å². The molecule has 0 bridgehead atoms. The summed E-state index contributed by atoms with van der Waals surface area (Å²) >= 11 is 0. The Morgan fingerprint density at radius 2 is 1.45 bits per heavy atom. The number of nitrogens with zero attached hydrogens (tertiary/aromatic N) is 1. The van der Waals surface area contributed by atoms with E-state index >= 15 is 0 Å². The molecule has 1 saturated heterocycles. The van der Waals surface area contributed by atoms with E-state index in [1.54, 1.807) is 30.3 Å². The van der Waals surface area contributed by atoms with Crippen LogP contribution in [-0.2, 0) is 46.4 Å². The first-order valence-electron chi connectivity index (χ1n) is 13.0. The molecule has 1 aliphatic heterocycles. The van der Waals surface area contributed by atoms with Gasteiger partial charge in [-0.2, -0.15) is 0 Å². The van der Waals surface area contributed by atoms with Crippen molar-refractivity contribution in [2.45, 2.75) is 56.3 Å². The summed E-state index contributed by atoms with van der Waals surface area (Å²) in [5.41, 5.74) is 6.39. The van der Waals surface area contributed by atoms with Crippen molar-refractivity contribution < 1.29 is 38.7 Å². The van der Waals surface area contributed by atoms with E-state index in [2.05, 4.69) is 36.6 Å². The Hall–Kier alpha value is -5.28. The van der Waals surface area contributed by atoms with E-state index < -0.39 is 85.0 Å². The summed E-state index contributed by atoms with van der Waals surface area (Å²) in [6, 6.07) is 3.28. The number of nitrogens with one attached hydrogen (secondary N) is 6. The zero-order valence-electron chi connectivity index (χ0n) is 22.4. The summed E-state index contributed by atoms with van der Waals surface area (Å²) in [6.07, 6.45) is 1.19. The number of nitrogens with two attached hydrogens (primary N) is 1. The molecule has 1 fully saturated rings. The van der Waals surface area contributed by atoms with Gasteiger partial charge in [0.15, 0.2) is 0 Å². The fourth-order valence-electron chi connectivity index (χ4n) is 4.18. The maximum Gasteiger partial charge on any atom is 0.303 e. The number of aromatic nitrogens is 2. The SMILES string of the molecule is NC(=O)C[C@@H]1NC(=O)CNC(=O)[C@@H](Cc2ccccc2)NC(=O)[C@@H](Cc2cnc[nH]2)NC(=O)[C@@H](CCC(=O)O)NC1=O. The molecule has 2 heterocycles. The highest BCUT2D eigenvalue weighted by molar-refractivity contribution is 5.98. The van der Waals surface area contributed by atoms with Crippen LogP contribution in [-0.4, -0.2) is 87.2 Å². The van der Waals surface area contributed by atoms with Crippen LogP contribution in [0.2, 0.25) is 0 Å². The normalized spacial score (nSPS) is 22.3. The average molecular weight is 585 g/mol. The maximum absolute atomic E-state index is 13.5. The highest BCUT2D eigenvalue weighted by Crippen LogP contribution is 2.08. The third kappa shape index (κ3) is 9.72. The summed E-state index contributed by atoms with van der Waals surface area (Å²) in [7, 11) is 0. The van der Waals surface area contributed by atoms with Crippen LogP contribution in [0.5, 0.6) is 0 Å². The van der Waals surface area contributed by atoms with Crippen molar-refractivity contribution in [1.29, 1.82) is 0 Å². The number of carbonyl (C=O) groups excluding carboxylic acids is 6. The average Bonchev–Trinajstić information content (AvgIpc) is 3.45. The van der Waals surface area contributed by atoms with Gasteiger partial charge in [-0.05, 0) is 12.0 Å². The molecule has 0 aliphatic carbocycles. The van der Waals surface area contributed by atoms with E-state index in [0.717, 1.165) is 0 Å². The summed E-state index contributed by atoms with van der Waals surface area (Å²) in [4.78, 5) is 95.2. The van der Waals surface area contributed by atoms with Crippen molar-refractivity contribution in [2.75, 3.05) is 6.54 Å². The molecule has 42 heavy (non-hydrogen) atoms. The smallest absolute Gasteiger partial charge is 0.303 e. The number of primary amides is 1. The van der Waals surface area contributed by atoms with Gasteiger partial charge in [-0.3, -0.25) is 33.6 Å². The molecule has 4 atom stereocenters. The summed E-state index contributed by atoms with van der Waals surface area (Å²) in [5, 5.41) is 21.3. The Kier molecular flexibility index (Phi) is 11.1. The van der Waals surface area contributed by atoms with Crippen LogP contribution in [0.1, 0.15) is 30.5 Å². The fourth-order valence-corrected chi connectivity index (χ4v) is 4.18. The molecule has 3 rings (SSSR count). The lowest BCUT2D eigenvalue weighted by Crippen LogP contribution is -2.58. The Morgan fingerprint density at radius 3 is 2.07 bits per heavy atom. The van der Waals surface area contributed by atoms with Gasteiger partial charge in [0.2, 0.25) is 35.4 Å². The van der Waals surface area contributed by atoms with Crippen LogP contribution >= 0.6 is 0 Å². The summed E-state index contributed by atoms with van der Waals surface area (Å²) in [5.74, 6) is -6.44. The summed E-state index contributed by atoms with van der Waals surface area (Å²) in [6.45, 7) is -0.611. The Morgan fingerprint density at radius 1 is 0.833 bits per heavy atom. The number of aliphatic carboxylic acids is 1. The Balaban J connectivity index is 1.98. The first-order valence-corrected chi connectivity index (χ1v) is 13.0. The number of aromatic amines is 1. The number of hydrogen-bond donors (Lipinski definition) is 8. The number of H-pyrrole nitrogens is 1. The van der Waals surface area contributed by atoms with Crippen LogP contribution in [0.3, 0.4) is 0 Å². The molecule has 16 heteroatoms. The molecule has 0 spiro atoms. The molecule has 9 N–H and O–H groups in total. The van der Waals surface area contributed by atoms with Gasteiger partial charge in [0.25, 0.3) is 0 Å². The largest absolute Gasteiger partial charge is 0.481 e. The lowest BCUT2D eigenvalue weighted by Gasteiger charge is -2.25. The van der Waals surface area contributed by atoms with Crippen LogP contribution in [0.15, 0.2) is 42.9 Å². The minimum Gasteiger partial charge on any atom is -0.481 e. The van der Waals surface area contributed by atoms with Gasteiger partial charge in [-0.25, -0.2) is 4.98 Å². The van der Waals surface area contributed by atoms with Gasteiger partial charge in [0.1, 0.15) is 24.2 Å². The topological polar surface area (TPSA) is 255 Å². The first kappa shape index (κ1) is 31.3. The molecule has 1 aromatic heterocycles. The lowest BCUT2D eigenvalue weighted by molar-refractivity contribution is -0.138. The van der Waals surface area contributed by atoms with Crippen molar-refractivity contribution in [3.63, 3.8) is 0 Å². The van der Waals surface area contributed by atoms with Crippen molar-refractivity contribution in [2.24, 2.45) is 5.73 Å². The van der Waals surface area contributed by atoms with Gasteiger partial charge in [-0.1, -0.05) is 30.3 Å². The van der Waals surface area contributed by atoms with E-state index in [1.165, 1.54) is 12.5 Å². The van der Waals surface area contributed by atoms with E-state index in [9.17, 15) is 38.7 Å². The molecular formula is C26H32N8O8. The monoisotopic (exact) mass is 584 g/mol. The van der Waals surface area contributed by atoms with E-state index in [0.29, 0.717) is 11.3 Å². The molecule has 0 unspecified atom stereocenters. The number of benzene rings is 1. The maximum atomic E-state index is 13.5. The number of carbonyl (C=O) groups is 7. The van der Waals surface area contributed by atoms with Crippen molar-refractivity contribution in [3.8, 4) is 0 Å². The second-order valence-electron chi connectivity index (χ2n) is 9.59. The van der Waals surface area contributed by atoms with Gasteiger partial charge >= 0.3 is 5.97 Å². The minimum atomic E-state index is -1.53. The highest BCUT2D eigenvalue weighted by Gasteiger charge is 2.33. The van der Waals surface area contributed by atoms with E-state index in [-0.39, 0.29) is 19.3 Å². The standard InChI is InChI=1S/C26H32N8O8/c27-20(35)10-19-26(42)32-16(6-7-22(37)38)24(40)34-18(9-15-11-28-13-30-15)25(41)33-17(8-14-4-2-1-3-5-14)23(39)29-12-21(36)31-19/h1-5,11,13,16-19H,6-10,12H2,(H2,27,35)(H,28,30)(H,29,39)(H,31,36)(H,32,42)(H,33,41)(H,34,40)(H,37,38)/t16-,17-,18-,19+/m1/s1. The first-order chi connectivity index (χ1) is 20.0. The molecule has 16 nitrogen and oxygen atoms in total. The van der Waals surface area contributed by atoms with E-state index in [1.807, 2.05) is 0 Å². The van der Waals surface area contributed by atoms with Gasteiger partial charge in [-0.15, -0.1) is 0 Å². The highest BCUT2D eigenvalue weighted by atomic mass is 16.4. The quantitative estimate of drug-likeness (QED) is 0.149. The number of imidazole rings is 1. The van der Waals surface area contributed by atoms with Crippen molar-refractivity contribution >= 4 is 41.4 Å². The zero-order valence-corrected chi connectivity index (χ0v) is 22.4. The number of carboxylic acids is 1. The minimum absolute atomic E-state index is 0.0380. The molecule has 1 aliphatic rings. The van der Waals surface area contributed by atoms with Crippen molar-refractivity contribution in [1.82, 2.24) is 36.6 Å². The molecule has 2 aromatic rings. The Bertz CT molecular complexity index is 1300. The molecular weight excluding hydrogens is 552 g/mol. The number of hydrogen-bond acceptors (Lipinski definition) is 8. The van der Waals surface area contributed by atoms with Gasteiger partial charge in [0, 0.05) is 31.2 Å². The molecule has 0 saturated carbocycles. The summed E-state index contributed by atoms with van der Waals surface area (Å²) < 4.78 is 0. The third-order valence-electron chi connectivity index (χ3n) is 6.29. The number of carboxylic acid groups (broad SMARTS) is 1. The van der Waals surface area contributed by atoms with E-state index in [4.69, 9.17) is 5.73 Å². The second kappa shape index (κ2) is 14.9. The lowest BCUT2D eigenvalue weighted by atomic mass is 10.0. The molecule has 224 valence electrons.